The highest BCUT2D eigenvalue weighted by Gasteiger charge is 2.20. The lowest BCUT2D eigenvalue weighted by molar-refractivity contribution is 0.102. The standard InChI is InChI=1S/C23H21FN4O4S/c1-13(2)21-17-10-15(12-25-23(17)32-27-21)22(29)26-16-9-8-14(3)20(11-16)33(30,31)28-19-7-5-4-6-18(19)24/h4-13,28H,1-3H3,(H,26,29). The van der Waals surface area contributed by atoms with Crippen LogP contribution >= 0.6 is 0 Å². The van der Waals surface area contributed by atoms with E-state index in [0.29, 0.717) is 22.4 Å². The Morgan fingerprint density at radius 1 is 1.12 bits per heavy atom. The van der Waals surface area contributed by atoms with E-state index in [-0.39, 0.29) is 27.8 Å². The number of pyridine rings is 1. The zero-order valence-electron chi connectivity index (χ0n) is 18.1. The molecule has 0 fully saturated rings. The zero-order valence-corrected chi connectivity index (χ0v) is 18.9. The van der Waals surface area contributed by atoms with Crippen molar-refractivity contribution >= 4 is 38.4 Å². The number of fused-ring (bicyclic) bond motifs is 1. The van der Waals surface area contributed by atoms with Crippen LogP contribution in [0, 0.1) is 12.7 Å². The number of halogens is 1. The van der Waals surface area contributed by atoms with E-state index in [9.17, 15) is 17.6 Å². The van der Waals surface area contributed by atoms with Gasteiger partial charge in [0, 0.05) is 11.9 Å². The Bertz CT molecular complexity index is 1460. The van der Waals surface area contributed by atoms with Gasteiger partial charge in [0.25, 0.3) is 21.6 Å². The van der Waals surface area contributed by atoms with Crippen molar-refractivity contribution in [1.29, 1.82) is 0 Å². The zero-order chi connectivity index (χ0) is 23.8. The maximum atomic E-state index is 13.9. The molecule has 2 N–H and O–H groups in total. The molecular weight excluding hydrogens is 447 g/mol. The molecule has 0 spiro atoms. The predicted octanol–water partition coefficient (Wildman–Crippen LogP) is 4.85. The van der Waals surface area contributed by atoms with Crippen LogP contribution in [0.5, 0.6) is 0 Å². The summed E-state index contributed by atoms with van der Waals surface area (Å²) < 4.78 is 47.1. The summed E-state index contributed by atoms with van der Waals surface area (Å²) in [6.45, 7) is 5.51. The molecule has 0 radical (unpaired) electrons. The number of anilines is 2. The third-order valence-electron chi connectivity index (χ3n) is 5.02. The second-order valence-corrected chi connectivity index (χ2v) is 9.47. The Kier molecular flexibility index (Phi) is 5.86. The van der Waals surface area contributed by atoms with Gasteiger partial charge in [0.15, 0.2) is 0 Å². The van der Waals surface area contributed by atoms with Gasteiger partial charge in [-0.15, -0.1) is 0 Å². The van der Waals surface area contributed by atoms with Crippen molar-refractivity contribution in [2.24, 2.45) is 0 Å². The van der Waals surface area contributed by atoms with Gasteiger partial charge in [-0.2, -0.15) is 0 Å². The number of carbonyl (C=O) groups is 1. The minimum Gasteiger partial charge on any atom is -0.336 e. The minimum atomic E-state index is -4.10. The van der Waals surface area contributed by atoms with Crippen molar-refractivity contribution in [2.45, 2.75) is 31.6 Å². The van der Waals surface area contributed by atoms with Crippen LogP contribution < -0.4 is 10.0 Å². The molecule has 4 rings (SSSR count). The fourth-order valence-corrected chi connectivity index (χ4v) is 4.64. The average molecular weight is 469 g/mol. The number of aryl methyl sites for hydroxylation is 1. The second-order valence-electron chi connectivity index (χ2n) is 7.82. The number of hydrogen-bond donors (Lipinski definition) is 2. The fourth-order valence-electron chi connectivity index (χ4n) is 3.30. The maximum absolute atomic E-state index is 13.9. The van der Waals surface area contributed by atoms with Crippen molar-refractivity contribution in [2.75, 3.05) is 10.0 Å². The summed E-state index contributed by atoms with van der Waals surface area (Å²) >= 11 is 0. The monoisotopic (exact) mass is 468 g/mol. The summed E-state index contributed by atoms with van der Waals surface area (Å²) in [7, 11) is -4.10. The minimum absolute atomic E-state index is 0.0816. The van der Waals surface area contributed by atoms with E-state index < -0.39 is 21.7 Å². The molecule has 0 saturated heterocycles. The number of nitrogens with zero attached hydrogens (tertiary/aromatic N) is 2. The van der Waals surface area contributed by atoms with Gasteiger partial charge in [-0.25, -0.2) is 17.8 Å². The molecule has 0 aliphatic carbocycles. The molecule has 2 heterocycles. The molecule has 10 heteroatoms. The molecule has 33 heavy (non-hydrogen) atoms. The number of rotatable bonds is 6. The number of sulfonamides is 1. The lowest BCUT2D eigenvalue weighted by atomic mass is 10.1. The van der Waals surface area contributed by atoms with E-state index in [1.807, 2.05) is 13.8 Å². The second kappa shape index (κ2) is 8.62. The molecule has 8 nitrogen and oxygen atoms in total. The number of benzene rings is 2. The normalized spacial score (nSPS) is 11.7. The predicted molar refractivity (Wildman–Crippen MR) is 122 cm³/mol. The summed E-state index contributed by atoms with van der Waals surface area (Å²) in [6.07, 6.45) is 1.36. The van der Waals surface area contributed by atoms with Crippen molar-refractivity contribution in [3.05, 3.63) is 77.4 Å². The van der Waals surface area contributed by atoms with Crippen LogP contribution in [-0.4, -0.2) is 24.5 Å². The van der Waals surface area contributed by atoms with Crippen LogP contribution in [0.2, 0.25) is 0 Å². The Labute approximate surface area is 189 Å². The highest BCUT2D eigenvalue weighted by molar-refractivity contribution is 7.92. The van der Waals surface area contributed by atoms with Crippen LogP contribution in [0.15, 0.2) is 64.1 Å². The lowest BCUT2D eigenvalue weighted by Gasteiger charge is -2.13. The van der Waals surface area contributed by atoms with Gasteiger partial charge in [0.1, 0.15) is 5.82 Å². The molecule has 0 unspecified atom stereocenters. The van der Waals surface area contributed by atoms with Gasteiger partial charge < -0.3 is 9.84 Å². The summed E-state index contributed by atoms with van der Waals surface area (Å²) in [4.78, 5) is 16.9. The van der Waals surface area contributed by atoms with Crippen LogP contribution in [0.3, 0.4) is 0 Å². The maximum Gasteiger partial charge on any atom is 0.262 e. The molecule has 0 saturated carbocycles. The van der Waals surface area contributed by atoms with E-state index in [1.54, 1.807) is 25.1 Å². The van der Waals surface area contributed by atoms with Gasteiger partial charge in [0.05, 0.1) is 27.2 Å². The van der Waals surface area contributed by atoms with Crippen molar-refractivity contribution < 1.29 is 22.1 Å². The van der Waals surface area contributed by atoms with Crippen LogP contribution in [0.25, 0.3) is 11.1 Å². The molecule has 1 amide bonds. The molecule has 0 atom stereocenters. The summed E-state index contributed by atoms with van der Waals surface area (Å²) in [5.41, 5.74) is 1.82. The van der Waals surface area contributed by atoms with Crippen molar-refractivity contribution in [3.8, 4) is 0 Å². The molecule has 4 aromatic rings. The number of aromatic nitrogens is 2. The highest BCUT2D eigenvalue weighted by Crippen LogP contribution is 2.26. The molecule has 170 valence electrons. The number of carbonyl (C=O) groups excluding carboxylic acids is 1. The number of amides is 1. The molecule has 0 aliphatic rings. The first-order chi connectivity index (χ1) is 15.7. The first kappa shape index (κ1) is 22.4. The van der Waals surface area contributed by atoms with Gasteiger partial charge in [-0.05, 0) is 48.7 Å². The third kappa shape index (κ3) is 4.56. The van der Waals surface area contributed by atoms with E-state index >= 15 is 0 Å². The molecule has 0 bridgehead atoms. The largest absolute Gasteiger partial charge is 0.336 e. The number of para-hydroxylation sites is 1. The summed E-state index contributed by atoms with van der Waals surface area (Å²) in [5, 5.41) is 7.32. The number of hydrogen-bond acceptors (Lipinski definition) is 6. The van der Waals surface area contributed by atoms with Crippen LogP contribution in [0.1, 0.15) is 41.4 Å². The molecule has 2 aromatic carbocycles. The van der Waals surface area contributed by atoms with Crippen molar-refractivity contribution in [3.63, 3.8) is 0 Å². The third-order valence-corrected chi connectivity index (χ3v) is 6.53. The van der Waals surface area contributed by atoms with E-state index in [0.717, 1.165) is 6.07 Å². The van der Waals surface area contributed by atoms with Gasteiger partial charge in [0.2, 0.25) is 0 Å². The Morgan fingerprint density at radius 2 is 1.88 bits per heavy atom. The van der Waals surface area contributed by atoms with E-state index in [4.69, 9.17) is 4.52 Å². The van der Waals surface area contributed by atoms with E-state index in [1.165, 1.54) is 30.5 Å². The van der Waals surface area contributed by atoms with Crippen LogP contribution in [-0.2, 0) is 10.0 Å². The quantitative estimate of drug-likeness (QED) is 0.418. The van der Waals surface area contributed by atoms with Gasteiger partial charge in [-0.1, -0.05) is 37.2 Å². The summed E-state index contributed by atoms with van der Waals surface area (Å²) in [5.74, 6) is -1.09. The van der Waals surface area contributed by atoms with E-state index in [2.05, 4.69) is 20.2 Å². The highest BCUT2D eigenvalue weighted by atomic mass is 32.2. The number of nitrogens with one attached hydrogen (secondary N) is 2. The fraction of sp³-hybridized carbons (Fsp3) is 0.174. The first-order valence-electron chi connectivity index (χ1n) is 10.1. The Morgan fingerprint density at radius 3 is 2.61 bits per heavy atom. The molecule has 2 aromatic heterocycles. The lowest BCUT2D eigenvalue weighted by Crippen LogP contribution is -2.17. The average Bonchev–Trinajstić information content (AvgIpc) is 3.20. The topological polar surface area (TPSA) is 114 Å². The molecular formula is C23H21FN4O4S. The Hall–Kier alpha value is -3.79. The molecule has 0 aliphatic heterocycles. The summed E-state index contributed by atoms with van der Waals surface area (Å²) in [6, 6.07) is 11.6. The van der Waals surface area contributed by atoms with Gasteiger partial charge >= 0.3 is 0 Å². The van der Waals surface area contributed by atoms with Crippen LogP contribution in [0.4, 0.5) is 15.8 Å². The smallest absolute Gasteiger partial charge is 0.262 e. The van der Waals surface area contributed by atoms with Gasteiger partial charge in [-0.3, -0.25) is 9.52 Å². The Balaban J connectivity index is 1.61. The SMILES string of the molecule is Cc1ccc(NC(=O)c2cnc3onc(C(C)C)c3c2)cc1S(=O)(=O)Nc1ccccc1F. The van der Waals surface area contributed by atoms with Crippen molar-refractivity contribution in [1.82, 2.24) is 10.1 Å². The first-order valence-corrected chi connectivity index (χ1v) is 11.6.